The van der Waals surface area contributed by atoms with Crippen molar-refractivity contribution in [3.05, 3.63) is 71.8 Å². The number of oxime groups is 1. The van der Waals surface area contributed by atoms with Crippen molar-refractivity contribution in [2.75, 3.05) is 0 Å². The molecule has 2 aromatic carbocycles. The highest BCUT2D eigenvalue weighted by atomic mass is 16.6. The Labute approximate surface area is 164 Å². The fourth-order valence-electron chi connectivity index (χ4n) is 3.17. The van der Waals surface area contributed by atoms with Crippen LogP contribution < -0.4 is 10.6 Å². The van der Waals surface area contributed by atoms with Crippen LogP contribution in [-0.4, -0.2) is 35.7 Å². The van der Waals surface area contributed by atoms with E-state index in [0.717, 1.165) is 29.7 Å². The van der Waals surface area contributed by atoms with Gasteiger partial charge in [-0.1, -0.05) is 65.8 Å². The average Bonchev–Trinajstić information content (AvgIpc) is 3.40. The summed E-state index contributed by atoms with van der Waals surface area (Å²) in [6.45, 7) is 0. The summed E-state index contributed by atoms with van der Waals surface area (Å²) in [5, 5.41) is 9.90. The van der Waals surface area contributed by atoms with Gasteiger partial charge in [-0.2, -0.15) is 0 Å². The Morgan fingerprint density at radius 3 is 2.39 bits per heavy atom. The Morgan fingerprint density at radius 1 is 1.04 bits per heavy atom. The van der Waals surface area contributed by atoms with Crippen LogP contribution in [0.2, 0.25) is 0 Å². The van der Waals surface area contributed by atoms with E-state index in [1.165, 1.54) is 0 Å². The quantitative estimate of drug-likeness (QED) is 0.776. The first-order valence-electron chi connectivity index (χ1n) is 9.62. The molecule has 1 aliphatic heterocycles. The van der Waals surface area contributed by atoms with Crippen molar-refractivity contribution in [1.82, 2.24) is 10.6 Å². The molecule has 1 heterocycles. The van der Waals surface area contributed by atoms with Crippen molar-refractivity contribution in [3.8, 4) is 0 Å². The number of carbonyl (C=O) groups is 2. The number of carbonyl (C=O) groups excluding carboxylic acids is 2. The molecule has 6 nitrogen and oxygen atoms in total. The molecule has 0 radical (unpaired) electrons. The molecule has 0 spiro atoms. The standard InChI is InChI=1S/C22H23N3O3/c26-21(23-17-11-12-17)19(13-15-7-3-1-4-8-15)24-22(27)20-14-18(25-28-20)16-9-5-2-6-10-16/h1-10,17,19-20H,11-14H2,(H,23,26)(H,24,27)/t19-,20-/m0/s1. The summed E-state index contributed by atoms with van der Waals surface area (Å²) in [7, 11) is 0. The molecule has 2 N–H and O–H groups in total. The lowest BCUT2D eigenvalue weighted by Crippen LogP contribution is -2.51. The van der Waals surface area contributed by atoms with E-state index in [-0.39, 0.29) is 17.9 Å². The minimum absolute atomic E-state index is 0.151. The fraction of sp³-hybridized carbons (Fsp3) is 0.318. The van der Waals surface area contributed by atoms with Gasteiger partial charge in [0.25, 0.3) is 5.91 Å². The first-order valence-corrected chi connectivity index (χ1v) is 9.62. The molecule has 4 rings (SSSR count). The molecule has 2 atom stereocenters. The number of nitrogens with one attached hydrogen (secondary N) is 2. The van der Waals surface area contributed by atoms with E-state index in [4.69, 9.17) is 4.84 Å². The third-order valence-corrected chi connectivity index (χ3v) is 4.91. The minimum Gasteiger partial charge on any atom is -0.382 e. The smallest absolute Gasteiger partial charge is 0.265 e. The van der Waals surface area contributed by atoms with Crippen LogP contribution in [0.5, 0.6) is 0 Å². The molecule has 2 amide bonds. The largest absolute Gasteiger partial charge is 0.382 e. The van der Waals surface area contributed by atoms with Crippen molar-refractivity contribution < 1.29 is 14.4 Å². The highest BCUT2D eigenvalue weighted by Crippen LogP contribution is 2.20. The van der Waals surface area contributed by atoms with Gasteiger partial charge in [0.05, 0.1) is 5.71 Å². The second-order valence-electron chi connectivity index (χ2n) is 7.24. The average molecular weight is 377 g/mol. The van der Waals surface area contributed by atoms with E-state index in [1.54, 1.807) is 0 Å². The molecule has 1 saturated carbocycles. The van der Waals surface area contributed by atoms with E-state index in [0.29, 0.717) is 12.8 Å². The third-order valence-electron chi connectivity index (χ3n) is 4.91. The SMILES string of the molecule is O=C(NC1CC1)[C@H](Cc1ccccc1)NC(=O)[C@@H]1CC(c2ccccc2)=NO1. The van der Waals surface area contributed by atoms with Gasteiger partial charge < -0.3 is 15.5 Å². The second-order valence-corrected chi connectivity index (χ2v) is 7.24. The van der Waals surface area contributed by atoms with Gasteiger partial charge in [-0.05, 0) is 24.0 Å². The van der Waals surface area contributed by atoms with Gasteiger partial charge in [0.1, 0.15) is 6.04 Å². The Balaban J connectivity index is 1.39. The Bertz CT molecular complexity index is 863. The Kier molecular flexibility index (Phi) is 5.37. The molecular weight excluding hydrogens is 354 g/mol. The normalized spacial score (nSPS) is 19.3. The lowest BCUT2D eigenvalue weighted by atomic mass is 10.0. The van der Waals surface area contributed by atoms with Crippen LogP contribution in [0.1, 0.15) is 30.4 Å². The van der Waals surface area contributed by atoms with Gasteiger partial charge >= 0.3 is 0 Å². The summed E-state index contributed by atoms with van der Waals surface area (Å²) in [5.41, 5.74) is 2.67. The van der Waals surface area contributed by atoms with Crippen molar-refractivity contribution in [1.29, 1.82) is 0 Å². The lowest BCUT2D eigenvalue weighted by molar-refractivity contribution is -0.135. The van der Waals surface area contributed by atoms with Crippen LogP contribution in [0.4, 0.5) is 0 Å². The van der Waals surface area contributed by atoms with Crippen LogP contribution >= 0.6 is 0 Å². The van der Waals surface area contributed by atoms with Gasteiger partial charge in [-0.3, -0.25) is 9.59 Å². The number of hydrogen-bond acceptors (Lipinski definition) is 4. The molecule has 6 heteroatoms. The number of benzene rings is 2. The summed E-state index contributed by atoms with van der Waals surface area (Å²) in [6.07, 6.45) is 2.10. The Hall–Kier alpha value is -3.15. The van der Waals surface area contributed by atoms with Gasteiger partial charge in [0, 0.05) is 18.9 Å². The summed E-state index contributed by atoms with van der Waals surface area (Å²) >= 11 is 0. The molecule has 1 fully saturated rings. The van der Waals surface area contributed by atoms with Gasteiger partial charge in [0.2, 0.25) is 12.0 Å². The molecule has 0 bridgehead atoms. The number of rotatable bonds is 7. The monoisotopic (exact) mass is 377 g/mol. The van der Waals surface area contributed by atoms with E-state index in [1.807, 2.05) is 60.7 Å². The Morgan fingerprint density at radius 2 is 1.71 bits per heavy atom. The van der Waals surface area contributed by atoms with Gasteiger partial charge in [0.15, 0.2) is 0 Å². The van der Waals surface area contributed by atoms with Crippen LogP contribution in [0.15, 0.2) is 65.8 Å². The number of nitrogens with zero attached hydrogens (tertiary/aromatic N) is 1. The summed E-state index contributed by atoms with van der Waals surface area (Å²) < 4.78 is 0. The van der Waals surface area contributed by atoms with Crippen molar-refractivity contribution in [2.45, 2.75) is 43.9 Å². The minimum atomic E-state index is -0.720. The predicted octanol–water partition coefficient (Wildman–Crippen LogP) is 2.19. The first-order chi connectivity index (χ1) is 13.7. The first kappa shape index (κ1) is 18.2. The van der Waals surface area contributed by atoms with Crippen LogP contribution in [-0.2, 0) is 20.8 Å². The molecule has 144 valence electrons. The summed E-state index contributed by atoms with van der Waals surface area (Å²) in [5.74, 6) is -0.469. The molecule has 0 unspecified atom stereocenters. The van der Waals surface area contributed by atoms with E-state index < -0.39 is 12.1 Å². The summed E-state index contributed by atoms with van der Waals surface area (Å²) in [6, 6.07) is 18.9. The lowest BCUT2D eigenvalue weighted by Gasteiger charge is -2.20. The maximum Gasteiger partial charge on any atom is 0.265 e. The zero-order valence-electron chi connectivity index (χ0n) is 15.5. The zero-order valence-corrected chi connectivity index (χ0v) is 15.5. The van der Waals surface area contributed by atoms with Crippen LogP contribution in [0.25, 0.3) is 0 Å². The second kappa shape index (κ2) is 8.25. The highest BCUT2D eigenvalue weighted by molar-refractivity contribution is 6.04. The topological polar surface area (TPSA) is 79.8 Å². The van der Waals surface area contributed by atoms with Crippen LogP contribution in [0.3, 0.4) is 0 Å². The van der Waals surface area contributed by atoms with Gasteiger partial charge in [-0.25, -0.2) is 0 Å². The zero-order chi connectivity index (χ0) is 19.3. The number of hydrogen-bond donors (Lipinski definition) is 2. The van der Waals surface area contributed by atoms with E-state index in [9.17, 15) is 9.59 Å². The fourth-order valence-corrected chi connectivity index (χ4v) is 3.17. The van der Waals surface area contributed by atoms with E-state index in [2.05, 4.69) is 15.8 Å². The molecule has 2 aliphatic rings. The van der Waals surface area contributed by atoms with Crippen molar-refractivity contribution in [2.24, 2.45) is 5.16 Å². The van der Waals surface area contributed by atoms with Crippen LogP contribution in [0, 0.1) is 0 Å². The third kappa shape index (κ3) is 4.57. The highest BCUT2D eigenvalue weighted by Gasteiger charge is 2.33. The molecule has 0 aromatic heterocycles. The molecular formula is C22H23N3O3. The maximum absolute atomic E-state index is 12.7. The van der Waals surface area contributed by atoms with Gasteiger partial charge in [-0.15, -0.1) is 0 Å². The molecule has 28 heavy (non-hydrogen) atoms. The molecule has 2 aromatic rings. The van der Waals surface area contributed by atoms with Crippen molar-refractivity contribution in [3.63, 3.8) is 0 Å². The molecule has 0 saturated heterocycles. The maximum atomic E-state index is 12.7. The van der Waals surface area contributed by atoms with Crippen molar-refractivity contribution >= 4 is 17.5 Å². The molecule has 1 aliphatic carbocycles. The number of amides is 2. The summed E-state index contributed by atoms with van der Waals surface area (Å²) in [4.78, 5) is 30.7. The van der Waals surface area contributed by atoms with E-state index >= 15 is 0 Å². The predicted molar refractivity (Wildman–Crippen MR) is 106 cm³/mol.